The molecule has 0 saturated heterocycles. The van der Waals surface area contributed by atoms with E-state index < -0.39 is 0 Å². The van der Waals surface area contributed by atoms with E-state index in [1.165, 1.54) is 0 Å². The van der Waals surface area contributed by atoms with Gasteiger partial charge in [0.05, 0.1) is 12.2 Å². The van der Waals surface area contributed by atoms with Gasteiger partial charge in [-0.15, -0.1) is 0 Å². The molecule has 2 heterocycles. The third-order valence-corrected chi connectivity index (χ3v) is 3.20. The van der Waals surface area contributed by atoms with Gasteiger partial charge in [0.15, 0.2) is 5.75 Å². The summed E-state index contributed by atoms with van der Waals surface area (Å²) in [6.45, 7) is 9.33. The van der Waals surface area contributed by atoms with E-state index in [-0.39, 0.29) is 0 Å². The number of hydrogen-bond acceptors (Lipinski definition) is 4. The minimum atomic E-state index is 0.426. The number of nitrogens with zero attached hydrogens (tertiary/aromatic N) is 2. The molecule has 2 aromatic rings. The summed E-state index contributed by atoms with van der Waals surface area (Å²) in [5.74, 6) is 2.59. The first-order chi connectivity index (χ1) is 9.47. The van der Waals surface area contributed by atoms with Gasteiger partial charge in [-0.3, -0.25) is 4.68 Å². The Morgan fingerprint density at radius 2 is 2.00 bits per heavy atom. The van der Waals surface area contributed by atoms with Gasteiger partial charge >= 0.3 is 0 Å². The lowest BCUT2D eigenvalue weighted by Gasteiger charge is -2.06. The first-order valence-electron chi connectivity index (χ1n) is 6.91. The second-order valence-electron chi connectivity index (χ2n) is 5.32. The van der Waals surface area contributed by atoms with Gasteiger partial charge in [0.25, 0.3) is 0 Å². The summed E-state index contributed by atoms with van der Waals surface area (Å²) >= 11 is 0. The zero-order valence-corrected chi connectivity index (χ0v) is 12.9. The van der Waals surface area contributed by atoms with Crippen LogP contribution in [0, 0.1) is 13.8 Å². The number of aromatic nitrogens is 2. The molecule has 0 aromatic carbocycles. The lowest BCUT2D eigenvalue weighted by atomic mass is 10.3. The van der Waals surface area contributed by atoms with E-state index in [4.69, 9.17) is 9.15 Å². The highest BCUT2D eigenvalue weighted by Gasteiger charge is 2.11. The first kappa shape index (κ1) is 14.7. The van der Waals surface area contributed by atoms with E-state index in [2.05, 4.69) is 24.3 Å². The van der Waals surface area contributed by atoms with E-state index in [0.717, 1.165) is 35.2 Å². The fourth-order valence-corrected chi connectivity index (χ4v) is 2.01. The molecule has 0 amide bonds. The zero-order valence-electron chi connectivity index (χ0n) is 12.9. The van der Waals surface area contributed by atoms with Crippen LogP contribution in [-0.4, -0.2) is 15.8 Å². The molecule has 1 N–H and O–H groups in total. The molecule has 0 spiro atoms. The van der Waals surface area contributed by atoms with Crippen LogP contribution in [0.2, 0.25) is 0 Å². The van der Waals surface area contributed by atoms with Crippen LogP contribution in [0.5, 0.6) is 5.75 Å². The molecule has 20 heavy (non-hydrogen) atoms. The fraction of sp³-hybridized carbons (Fsp3) is 0.533. The van der Waals surface area contributed by atoms with Gasteiger partial charge in [0, 0.05) is 13.1 Å². The molecule has 0 atom stereocenters. The highest BCUT2D eigenvalue weighted by molar-refractivity contribution is 5.31. The Kier molecular flexibility index (Phi) is 4.49. The molecule has 0 unspecified atom stereocenters. The van der Waals surface area contributed by atoms with Crippen molar-refractivity contribution >= 4 is 0 Å². The van der Waals surface area contributed by atoms with Crippen molar-refractivity contribution in [1.29, 1.82) is 0 Å². The number of ether oxygens (including phenoxy) is 1. The molecule has 2 aromatic heterocycles. The van der Waals surface area contributed by atoms with Crippen LogP contribution in [-0.2, 0) is 20.2 Å². The van der Waals surface area contributed by atoms with Crippen molar-refractivity contribution in [2.75, 3.05) is 0 Å². The zero-order chi connectivity index (χ0) is 14.7. The van der Waals surface area contributed by atoms with Gasteiger partial charge in [-0.1, -0.05) is 13.8 Å². The Hall–Kier alpha value is -1.75. The van der Waals surface area contributed by atoms with E-state index >= 15 is 0 Å². The van der Waals surface area contributed by atoms with Crippen molar-refractivity contribution in [1.82, 2.24) is 15.1 Å². The number of hydrogen-bond donors (Lipinski definition) is 1. The largest absolute Gasteiger partial charge is 0.482 e. The van der Waals surface area contributed by atoms with E-state index in [0.29, 0.717) is 12.6 Å². The van der Waals surface area contributed by atoms with Gasteiger partial charge < -0.3 is 14.5 Å². The minimum Gasteiger partial charge on any atom is -0.482 e. The quantitative estimate of drug-likeness (QED) is 0.882. The molecule has 0 bridgehead atoms. The lowest BCUT2D eigenvalue weighted by molar-refractivity contribution is 0.261. The van der Waals surface area contributed by atoms with Crippen molar-refractivity contribution < 1.29 is 9.15 Å². The van der Waals surface area contributed by atoms with Crippen LogP contribution >= 0.6 is 0 Å². The Morgan fingerprint density at radius 3 is 2.60 bits per heavy atom. The number of furan rings is 1. The fourth-order valence-electron chi connectivity index (χ4n) is 2.01. The maximum absolute atomic E-state index is 5.82. The van der Waals surface area contributed by atoms with Crippen LogP contribution in [0.15, 0.2) is 16.5 Å². The van der Waals surface area contributed by atoms with Crippen molar-refractivity contribution in [2.24, 2.45) is 7.05 Å². The molecular weight excluding hydrogens is 254 g/mol. The second-order valence-corrected chi connectivity index (χ2v) is 5.32. The summed E-state index contributed by atoms with van der Waals surface area (Å²) in [5.41, 5.74) is 1.93. The maximum Gasteiger partial charge on any atom is 0.163 e. The number of rotatable bonds is 6. The second kappa shape index (κ2) is 6.13. The Labute approximate surface area is 119 Å². The average Bonchev–Trinajstić information content (AvgIpc) is 2.92. The summed E-state index contributed by atoms with van der Waals surface area (Å²) < 4.78 is 13.4. The predicted molar refractivity (Wildman–Crippen MR) is 77.7 cm³/mol. The normalized spacial score (nSPS) is 11.3. The highest BCUT2D eigenvalue weighted by atomic mass is 16.5. The van der Waals surface area contributed by atoms with E-state index in [9.17, 15) is 0 Å². The third-order valence-electron chi connectivity index (χ3n) is 3.20. The summed E-state index contributed by atoms with van der Waals surface area (Å²) in [6, 6.07) is 4.38. The van der Waals surface area contributed by atoms with Crippen LogP contribution in [0.25, 0.3) is 0 Å². The molecule has 0 aliphatic heterocycles. The van der Waals surface area contributed by atoms with E-state index in [1.54, 1.807) is 0 Å². The van der Waals surface area contributed by atoms with Gasteiger partial charge in [-0.05, 0) is 26.0 Å². The predicted octanol–water partition coefficient (Wildman–Crippen LogP) is 2.71. The maximum atomic E-state index is 5.82. The van der Waals surface area contributed by atoms with Gasteiger partial charge in [0.2, 0.25) is 0 Å². The van der Waals surface area contributed by atoms with Crippen LogP contribution in [0.4, 0.5) is 0 Å². The van der Waals surface area contributed by atoms with Crippen LogP contribution in [0.3, 0.4) is 0 Å². The molecule has 110 valence electrons. The molecule has 0 saturated carbocycles. The molecule has 0 aliphatic rings. The van der Waals surface area contributed by atoms with Crippen molar-refractivity contribution in [3.8, 4) is 5.75 Å². The molecule has 0 fully saturated rings. The van der Waals surface area contributed by atoms with Crippen molar-refractivity contribution in [3.05, 3.63) is 35.0 Å². The molecule has 0 radical (unpaired) electrons. The lowest BCUT2D eigenvalue weighted by Crippen LogP contribution is -2.21. The van der Waals surface area contributed by atoms with E-state index in [1.807, 2.05) is 37.7 Å². The SMILES string of the molecule is Cc1nn(C)c(C)c1OCc1ccc(CNC(C)C)o1. The Morgan fingerprint density at radius 1 is 1.30 bits per heavy atom. The van der Waals surface area contributed by atoms with Gasteiger partial charge in [-0.2, -0.15) is 5.10 Å². The number of aryl methyl sites for hydroxylation is 2. The minimum absolute atomic E-state index is 0.426. The molecule has 0 aliphatic carbocycles. The summed E-state index contributed by atoms with van der Waals surface area (Å²) in [4.78, 5) is 0. The van der Waals surface area contributed by atoms with Crippen molar-refractivity contribution in [3.63, 3.8) is 0 Å². The van der Waals surface area contributed by atoms with Crippen LogP contribution < -0.4 is 10.1 Å². The van der Waals surface area contributed by atoms with Crippen LogP contribution in [0.1, 0.15) is 36.8 Å². The molecular formula is C15H23N3O2. The highest BCUT2D eigenvalue weighted by Crippen LogP contribution is 2.22. The Bertz CT molecular complexity index is 570. The van der Waals surface area contributed by atoms with Crippen molar-refractivity contribution in [2.45, 2.75) is 46.9 Å². The monoisotopic (exact) mass is 277 g/mol. The topological polar surface area (TPSA) is 52.2 Å². The summed E-state index contributed by atoms with van der Waals surface area (Å²) in [5, 5.41) is 7.65. The summed E-state index contributed by atoms with van der Waals surface area (Å²) in [7, 11) is 1.91. The smallest absolute Gasteiger partial charge is 0.163 e. The molecule has 5 nitrogen and oxygen atoms in total. The van der Waals surface area contributed by atoms with Gasteiger partial charge in [0.1, 0.15) is 23.8 Å². The first-order valence-corrected chi connectivity index (χ1v) is 6.91. The molecule has 2 rings (SSSR count). The molecule has 5 heteroatoms. The average molecular weight is 277 g/mol. The third kappa shape index (κ3) is 3.42. The standard InChI is InChI=1S/C15H23N3O2/c1-10(2)16-8-13-6-7-14(20-13)9-19-15-11(3)17-18(5)12(15)4/h6-7,10,16H,8-9H2,1-5H3. The Balaban J connectivity index is 1.94. The summed E-state index contributed by atoms with van der Waals surface area (Å²) in [6.07, 6.45) is 0. The number of nitrogens with one attached hydrogen (secondary N) is 1. The van der Waals surface area contributed by atoms with Gasteiger partial charge in [-0.25, -0.2) is 0 Å².